The van der Waals surface area contributed by atoms with E-state index in [2.05, 4.69) is 19.9 Å². The Hall–Kier alpha value is -3.68. The van der Waals surface area contributed by atoms with Gasteiger partial charge in [0.25, 0.3) is 11.1 Å². The molecule has 11 nitrogen and oxygen atoms in total. The normalized spacial score (nSPS) is 20.1. The van der Waals surface area contributed by atoms with Crippen molar-refractivity contribution in [1.82, 2.24) is 24.5 Å². The molecule has 2 aliphatic rings. The molecule has 1 fully saturated rings. The molecule has 2 aliphatic heterocycles. The summed E-state index contributed by atoms with van der Waals surface area (Å²) in [5, 5.41) is 0. The highest BCUT2D eigenvalue weighted by molar-refractivity contribution is 5.47. The number of ether oxygens (including phenoxy) is 1. The van der Waals surface area contributed by atoms with Crippen LogP contribution in [0.2, 0.25) is 0 Å². The number of alkyl halides is 3. The molecule has 0 radical (unpaired) electrons. The van der Waals surface area contributed by atoms with Gasteiger partial charge < -0.3 is 23.9 Å². The Morgan fingerprint density at radius 3 is 2.69 bits per heavy atom. The minimum Gasteiger partial charge on any atom is -0.451 e. The van der Waals surface area contributed by atoms with Crippen molar-refractivity contribution in [2.75, 3.05) is 29.6 Å². The molecule has 3 aromatic heterocycles. The predicted octanol–water partition coefficient (Wildman–Crippen LogP) is 1.57. The standard InChI is InChI=1S/C17H20F3N5O3.C4H4N2O/c1-11-8-27-5-4-23(11)14-6-15(26)24-3-2-13(17(18,19)20)25(16(24)22-14)7-12-9-28-10-21-12;7-4-1-2-5-3-6-4/h6,9-11,13H,2-5,7-8H2,1H3;1-3H,(H,5,6,7)/t11-,13+;/m1./s1. The first-order valence-corrected chi connectivity index (χ1v) is 10.9. The monoisotopic (exact) mass is 495 g/mol. The molecule has 5 heterocycles. The van der Waals surface area contributed by atoms with Crippen LogP contribution < -0.4 is 20.9 Å². The number of H-pyrrole nitrogens is 1. The minimum atomic E-state index is -4.46. The summed E-state index contributed by atoms with van der Waals surface area (Å²) in [6, 6.07) is 0.955. The number of nitrogens with zero attached hydrogens (tertiary/aromatic N) is 6. The SMILES string of the molecule is C[C@@H]1COCCN1c1cc(=O)n2c(n1)N(Cc1cocn1)[C@H](C(F)(F)F)CC2.O=c1ccnc[nH]1. The summed E-state index contributed by atoms with van der Waals surface area (Å²) in [7, 11) is 0. The van der Waals surface area contributed by atoms with Gasteiger partial charge in [0, 0.05) is 31.4 Å². The van der Waals surface area contributed by atoms with E-state index in [9.17, 15) is 22.8 Å². The van der Waals surface area contributed by atoms with Crippen LogP contribution in [0.1, 0.15) is 19.0 Å². The van der Waals surface area contributed by atoms with E-state index in [1.54, 1.807) is 0 Å². The maximum atomic E-state index is 13.7. The summed E-state index contributed by atoms with van der Waals surface area (Å²) in [5.74, 6) is 0.359. The number of hydrogen-bond donors (Lipinski definition) is 1. The average Bonchev–Trinajstić information content (AvgIpc) is 3.33. The predicted molar refractivity (Wildman–Crippen MR) is 118 cm³/mol. The number of aromatic nitrogens is 5. The fraction of sp³-hybridized carbons (Fsp3) is 0.476. The Labute approximate surface area is 197 Å². The van der Waals surface area contributed by atoms with E-state index in [0.29, 0.717) is 31.3 Å². The van der Waals surface area contributed by atoms with Crippen molar-refractivity contribution in [3.05, 3.63) is 63.7 Å². The number of aromatic amines is 1. The van der Waals surface area contributed by atoms with Crippen LogP contribution in [-0.2, 0) is 17.8 Å². The molecule has 0 unspecified atom stereocenters. The number of nitrogens with one attached hydrogen (secondary N) is 1. The first kappa shape index (κ1) is 24.4. The van der Waals surface area contributed by atoms with E-state index in [-0.39, 0.29) is 42.6 Å². The van der Waals surface area contributed by atoms with Gasteiger partial charge in [-0.1, -0.05) is 0 Å². The van der Waals surface area contributed by atoms with Gasteiger partial charge >= 0.3 is 6.18 Å². The Kier molecular flexibility index (Phi) is 7.19. The zero-order valence-electron chi connectivity index (χ0n) is 18.8. The first-order valence-electron chi connectivity index (χ1n) is 10.9. The molecular weight excluding hydrogens is 471 g/mol. The summed E-state index contributed by atoms with van der Waals surface area (Å²) in [5.41, 5.74) is -0.151. The third-order valence-corrected chi connectivity index (χ3v) is 5.68. The Bertz CT molecular complexity index is 1210. The molecule has 0 aliphatic carbocycles. The second kappa shape index (κ2) is 10.3. The van der Waals surface area contributed by atoms with E-state index in [1.807, 2.05) is 11.8 Å². The third-order valence-electron chi connectivity index (χ3n) is 5.68. The molecule has 0 spiro atoms. The molecule has 3 aromatic rings. The largest absolute Gasteiger partial charge is 0.451 e. The van der Waals surface area contributed by atoms with Crippen LogP contribution in [0.3, 0.4) is 0 Å². The Morgan fingerprint density at radius 1 is 1.26 bits per heavy atom. The smallest absolute Gasteiger partial charge is 0.408 e. The average molecular weight is 495 g/mol. The number of morpholine rings is 1. The lowest BCUT2D eigenvalue weighted by Crippen LogP contribution is -2.52. The Balaban J connectivity index is 0.000000356. The van der Waals surface area contributed by atoms with Crippen LogP contribution in [0, 0.1) is 0 Å². The van der Waals surface area contributed by atoms with Gasteiger partial charge in [-0.2, -0.15) is 18.2 Å². The van der Waals surface area contributed by atoms with Crippen LogP contribution in [0.25, 0.3) is 0 Å². The summed E-state index contributed by atoms with van der Waals surface area (Å²) in [6.07, 6.45) is 0.548. The second-order valence-corrected chi connectivity index (χ2v) is 8.08. The number of halogens is 3. The van der Waals surface area contributed by atoms with Gasteiger partial charge in [0.05, 0.1) is 37.8 Å². The maximum absolute atomic E-state index is 13.7. The fourth-order valence-electron chi connectivity index (χ4n) is 3.99. The molecule has 35 heavy (non-hydrogen) atoms. The van der Waals surface area contributed by atoms with Crippen molar-refractivity contribution >= 4 is 11.8 Å². The van der Waals surface area contributed by atoms with Crippen LogP contribution in [0.4, 0.5) is 24.9 Å². The zero-order valence-corrected chi connectivity index (χ0v) is 18.8. The number of rotatable bonds is 3. The topological polar surface area (TPSA) is 122 Å². The summed E-state index contributed by atoms with van der Waals surface area (Å²) >= 11 is 0. The van der Waals surface area contributed by atoms with Gasteiger partial charge in [0.2, 0.25) is 5.95 Å². The molecular formula is C21H24F3N7O4. The highest BCUT2D eigenvalue weighted by atomic mass is 19.4. The van der Waals surface area contributed by atoms with Gasteiger partial charge in [0.1, 0.15) is 18.1 Å². The molecule has 188 valence electrons. The van der Waals surface area contributed by atoms with Crippen molar-refractivity contribution in [1.29, 1.82) is 0 Å². The molecule has 0 bridgehead atoms. The zero-order chi connectivity index (χ0) is 25.0. The quantitative estimate of drug-likeness (QED) is 0.577. The molecule has 2 atom stereocenters. The van der Waals surface area contributed by atoms with Gasteiger partial charge in [-0.3, -0.25) is 14.2 Å². The van der Waals surface area contributed by atoms with E-state index in [1.165, 1.54) is 35.5 Å². The molecule has 1 saturated heterocycles. The highest BCUT2D eigenvalue weighted by Crippen LogP contribution is 2.35. The van der Waals surface area contributed by atoms with E-state index < -0.39 is 12.2 Å². The summed E-state index contributed by atoms with van der Waals surface area (Å²) in [6.45, 7) is 3.17. The molecule has 14 heteroatoms. The van der Waals surface area contributed by atoms with Crippen molar-refractivity contribution in [2.45, 2.75) is 44.7 Å². The van der Waals surface area contributed by atoms with E-state index in [4.69, 9.17) is 9.15 Å². The summed E-state index contributed by atoms with van der Waals surface area (Å²) < 4.78 is 52.7. The van der Waals surface area contributed by atoms with Crippen LogP contribution in [-0.4, -0.2) is 62.5 Å². The minimum absolute atomic E-state index is 0.00207. The molecule has 0 saturated carbocycles. The van der Waals surface area contributed by atoms with Crippen LogP contribution in [0.5, 0.6) is 0 Å². The van der Waals surface area contributed by atoms with Gasteiger partial charge in [-0.15, -0.1) is 0 Å². The first-order chi connectivity index (χ1) is 16.7. The van der Waals surface area contributed by atoms with Gasteiger partial charge in [-0.05, 0) is 13.3 Å². The maximum Gasteiger partial charge on any atom is 0.408 e. The number of anilines is 2. The lowest BCUT2D eigenvalue weighted by molar-refractivity contribution is -0.153. The van der Waals surface area contributed by atoms with Crippen molar-refractivity contribution in [3.63, 3.8) is 0 Å². The molecule has 5 rings (SSSR count). The Morgan fingerprint density at radius 2 is 2.09 bits per heavy atom. The van der Waals surface area contributed by atoms with Crippen LogP contribution >= 0.6 is 0 Å². The van der Waals surface area contributed by atoms with Gasteiger partial charge in [-0.25, -0.2) is 9.97 Å². The third kappa shape index (κ3) is 5.70. The number of oxazole rings is 1. The lowest BCUT2D eigenvalue weighted by atomic mass is 10.1. The van der Waals surface area contributed by atoms with E-state index in [0.717, 1.165) is 11.3 Å². The summed E-state index contributed by atoms with van der Waals surface area (Å²) in [4.78, 5) is 40.2. The van der Waals surface area contributed by atoms with E-state index >= 15 is 0 Å². The number of fused-ring (bicyclic) bond motifs is 1. The van der Waals surface area contributed by atoms with Gasteiger partial charge in [0.15, 0.2) is 6.39 Å². The highest BCUT2D eigenvalue weighted by Gasteiger charge is 2.47. The lowest BCUT2D eigenvalue weighted by Gasteiger charge is -2.40. The van der Waals surface area contributed by atoms with Crippen molar-refractivity contribution in [2.24, 2.45) is 0 Å². The molecule has 1 N–H and O–H groups in total. The molecule has 0 aromatic carbocycles. The van der Waals surface area contributed by atoms with Crippen molar-refractivity contribution in [3.8, 4) is 0 Å². The van der Waals surface area contributed by atoms with Crippen LogP contribution in [0.15, 0.2) is 51.3 Å². The fourth-order valence-corrected chi connectivity index (χ4v) is 3.99. The van der Waals surface area contributed by atoms with Crippen molar-refractivity contribution < 1.29 is 22.3 Å². The second-order valence-electron chi connectivity index (χ2n) is 8.08. The number of hydrogen-bond acceptors (Lipinski definition) is 9. The molecule has 0 amide bonds.